The highest BCUT2D eigenvalue weighted by Gasteiger charge is 2.12. The van der Waals surface area contributed by atoms with Crippen LogP contribution in [0.25, 0.3) is 11.3 Å². The van der Waals surface area contributed by atoms with Crippen LogP contribution >= 0.6 is 0 Å². The first kappa shape index (κ1) is 17.0. The second-order valence-corrected chi connectivity index (χ2v) is 6.08. The summed E-state index contributed by atoms with van der Waals surface area (Å²) in [4.78, 5) is 12.6. The van der Waals surface area contributed by atoms with Gasteiger partial charge in [0.1, 0.15) is 11.6 Å². The molecule has 2 rings (SSSR count). The van der Waals surface area contributed by atoms with Gasteiger partial charge in [-0.2, -0.15) is 5.26 Å². The van der Waals surface area contributed by atoms with Gasteiger partial charge in [0, 0.05) is 12.1 Å². The molecule has 0 saturated heterocycles. The van der Waals surface area contributed by atoms with E-state index in [2.05, 4.69) is 39.0 Å². The third-order valence-electron chi connectivity index (χ3n) is 4.19. The summed E-state index contributed by atoms with van der Waals surface area (Å²) in [5, 5.41) is 9.14. The third-order valence-corrected chi connectivity index (χ3v) is 4.19. The Morgan fingerprint density at radius 2 is 1.87 bits per heavy atom. The fourth-order valence-corrected chi connectivity index (χ4v) is 2.92. The molecular formula is C20H24N2O. The predicted octanol–water partition coefficient (Wildman–Crippen LogP) is 4.58. The van der Waals surface area contributed by atoms with E-state index in [4.69, 9.17) is 5.26 Å². The van der Waals surface area contributed by atoms with E-state index in [0.717, 1.165) is 36.1 Å². The molecule has 2 aromatic rings. The molecule has 0 aliphatic heterocycles. The molecule has 1 aromatic carbocycles. The van der Waals surface area contributed by atoms with Gasteiger partial charge in [0.15, 0.2) is 0 Å². The zero-order chi connectivity index (χ0) is 16.8. The third kappa shape index (κ3) is 3.90. The number of pyridine rings is 1. The lowest BCUT2D eigenvalue weighted by atomic mass is 10.0. The van der Waals surface area contributed by atoms with Crippen molar-refractivity contribution in [3.05, 3.63) is 57.4 Å². The monoisotopic (exact) mass is 308 g/mol. The van der Waals surface area contributed by atoms with Gasteiger partial charge < -0.3 is 4.57 Å². The van der Waals surface area contributed by atoms with Gasteiger partial charge in [0.05, 0.1) is 5.69 Å². The molecule has 0 saturated carbocycles. The van der Waals surface area contributed by atoms with Crippen LogP contribution in [-0.4, -0.2) is 4.57 Å². The van der Waals surface area contributed by atoms with Gasteiger partial charge in [-0.25, -0.2) is 0 Å². The van der Waals surface area contributed by atoms with E-state index >= 15 is 0 Å². The SMILES string of the molecule is CCCCCCn1c(-c2ccc(C)cc2C)ccc(C#N)c1=O. The van der Waals surface area contributed by atoms with Crippen LogP contribution in [0, 0.1) is 25.2 Å². The van der Waals surface area contributed by atoms with Crippen LogP contribution in [0.5, 0.6) is 0 Å². The van der Waals surface area contributed by atoms with Crippen LogP contribution in [0.1, 0.15) is 49.3 Å². The number of unbranched alkanes of at least 4 members (excludes halogenated alkanes) is 3. The predicted molar refractivity (Wildman–Crippen MR) is 94.5 cm³/mol. The summed E-state index contributed by atoms with van der Waals surface area (Å²) in [6.45, 7) is 6.96. The summed E-state index contributed by atoms with van der Waals surface area (Å²) in [7, 11) is 0. The average molecular weight is 308 g/mol. The first-order valence-electron chi connectivity index (χ1n) is 8.30. The van der Waals surface area contributed by atoms with Crippen molar-refractivity contribution in [3.63, 3.8) is 0 Å². The molecule has 1 aromatic heterocycles. The van der Waals surface area contributed by atoms with Crippen molar-refractivity contribution in [3.8, 4) is 17.3 Å². The highest BCUT2D eigenvalue weighted by molar-refractivity contribution is 5.65. The standard InChI is InChI=1S/C20H24N2O/c1-4-5-6-7-12-22-19(11-9-17(14-21)20(22)23)18-10-8-15(2)13-16(18)3/h8-11,13H,4-7,12H2,1-3H3. The summed E-state index contributed by atoms with van der Waals surface area (Å²) >= 11 is 0. The molecule has 0 aliphatic carbocycles. The van der Waals surface area contributed by atoms with Crippen LogP contribution in [-0.2, 0) is 6.54 Å². The lowest BCUT2D eigenvalue weighted by Gasteiger charge is -2.15. The fourth-order valence-electron chi connectivity index (χ4n) is 2.92. The molecule has 120 valence electrons. The smallest absolute Gasteiger partial charge is 0.268 e. The molecule has 0 atom stereocenters. The number of nitriles is 1. The first-order valence-corrected chi connectivity index (χ1v) is 8.30. The molecule has 0 amide bonds. The Kier molecular flexibility index (Phi) is 5.76. The Morgan fingerprint density at radius 3 is 2.52 bits per heavy atom. The molecule has 0 bridgehead atoms. The largest absolute Gasteiger partial charge is 0.307 e. The number of hydrogen-bond acceptors (Lipinski definition) is 2. The van der Waals surface area contributed by atoms with E-state index in [1.165, 1.54) is 12.0 Å². The average Bonchev–Trinajstić information content (AvgIpc) is 2.53. The lowest BCUT2D eigenvalue weighted by molar-refractivity contribution is 0.573. The molecule has 0 fully saturated rings. The molecule has 0 aliphatic rings. The summed E-state index contributed by atoms with van der Waals surface area (Å²) in [5.41, 5.74) is 4.36. The van der Waals surface area contributed by atoms with Gasteiger partial charge in [-0.15, -0.1) is 0 Å². The normalized spacial score (nSPS) is 10.5. The second-order valence-electron chi connectivity index (χ2n) is 6.08. The summed E-state index contributed by atoms with van der Waals surface area (Å²) < 4.78 is 1.77. The van der Waals surface area contributed by atoms with Crippen molar-refractivity contribution in [1.82, 2.24) is 4.57 Å². The van der Waals surface area contributed by atoms with Crippen molar-refractivity contribution < 1.29 is 0 Å². The molecule has 0 unspecified atom stereocenters. The Labute approximate surface area is 138 Å². The number of rotatable bonds is 6. The summed E-state index contributed by atoms with van der Waals surface area (Å²) in [6, 6.07) is 11.8. The Hall–Kier alpha value is -2.34. The molecule has 0 radical (unpaired) electrons. The molecule has 3 heteroatoms. The molecule has 1 heterocycles. The van der Waals surface area contributed by atoms with Crippen molar-refractivity contribution in [1.29, 1.82) is 5.26 Å². The molecule has 23 heavy (non-hydrogen) atoms. The van der Waals surface area contributed by atoms with Gasteiger partial charge in [-0.3, -0.25) is 4.79 Å². The number of aryl methyl sites for hydroxylation is 2. The zero-order valence-corrected chi connectivity index (χ0v) is 14.2. The van der Waals surface area contributed by atoms with Crippen LogP contribution in [0.15, 0.2) is 35.1 Å². The Morgan fingerprint density at radius 1 is 1.09 bits per heavy atom. The van der Waals surface area contributed by atoms with Gasteiger partial charge in [0.25, 0.3) is 5.56 Å². The van der Waals surface area contributed by atoms with Gasteiger partial charge in [0.2, 0.25) is 0 Å². The minimum absolute atomic E-state index is 0.179. The fraction of sp³-hybridized carbons (Fsp3) is 0.400. The van der Waals surface area contributed by atoms with Crippen LogP contribution < -0.4 is 5.56 Å². The molecule has 3 nitrogen and oxygen atoms in total. The number of nitrogens with zero attached hydrogens (tertiary/aromatic N) is 2. The van der Waals surface area contributed by atoms with Crippen molar-refractivity contribution in [2.24, 2.45) is 0 Å². The topological polar surface area (TPSA) is 45.8 Å². The minimum Gasteiger partial charge on any atom is -0.307 e. The van der Waals surface area contributed by atoms with Crippen molar-refractivity contribution in [2.75, 3.05) is 0 Å². The summed E-state index contributed by atoms with van der Waals surface area (Å²) in [6.07, 6.45) is 4.40. The van der Waals surface area contributed by atoms with E-state index in [9.17, 15) is 4.79 Å². The maximum Gasteiger partial charge on any atom is 0.268 e. The van der Waals surface area contributed by atoms with E-state index in [1.807, 2.05) is 12.1 Å². The summed E-state index contributed by atoms with van der Waals surface area (Å²) in [5.74, 6) is 0. The quantitative estimate of drug-likeness (QED) is 0.733. The lowest BCUT2D eigenvalue weighted by Crippen LogP contribution is -2.24. The zero-order valence-electron chi connectivity index (χ0n) is 14.2. The molecule has 0 spiro atoms. The van der Waals surface area contributed by atoms with Gasteiger partial charge in [-0.1, -0.05) is 49.9 Å². The Balaban J connectivity index is 2.48. The van der Waals surface area contributed by atoms with Crippen molar-refractivity contribution >= 4 is 0 Å². The number of benzene rings is 1. The van der Waals surface area contributed by atoms with Crippen LogP contribution in [0.4, 0.5) is 0 Å². The highest BCUT2D eigenvalue weighted by atomic mass is 16.1. The van der Waals surface area contributed by atoms with Gasteiger partial charge in [-0.05, 0) is 38.0 Å². The number of aromatic nitrogens is 1. The van der Waals surface area contributed by atoms with Crippen LogP contribution in [0.2, 0.25) is 0 Å². The highest BCUT2D eigenvalue weighted by Crippen LogP contribution is 2.24. The molecule has 0 N–H and O–H groups in total. The second kappa shape index (κ2) is 7.78. The van der Waals surface area contributed by atoms with E-state index in [1.54, 1.807) is 10.6 Å². The minimum atomic E-state index is -0.179. The van der Waals surface area contributed by atoms with Crippen LogP contribution in [0.3, 0.4) is 0 Å². The van der Waals surface area contributed by atoms with E-state index in [0.29, 0.717) is 6.54 Å². The first-order chi connectivity index (χ1) is 11.1. The maximum absolute atomic E-state index is 12.6. The van der Waals surface area contributed by atoms with Gasteiger partial charge >= 0.3 is 0 Å². The maximum atomic E-state index is 12.6. The van der Waals surface area contributed by atoms with Crippen molar-refractivity contribution in [2.45, 2.75) is 53.0 Å². The molecular weight excluding hydrogens is 284 g/mol. The number of hydrogen-bond donors (Lipinski definition) is 0. The van der Waals surface area contributed by atoms with E-state index < -0.39 is 0 Å². The van der Waals surface area contributed by atoms with E-state index in [-0.39, 0.29) is 11.1 Å². The Bertz CT molecular complexity index is 781.